The summed E-state index contributed by atoms with van der Waals surface area (Å²) in [4.78, 5) is 11.3. The normalized spacial score (nSPS) is 23.1. The van der Waals surface area contributed by atoms with E-state index in [1.807, 2.05) is 6.07 Å². The van der Waals surface area contributed by atoms with Crippen molar-refractivity contribution in [1.82, 2.24) is 0 Å². The second kappa shape index (κ2) is 6.42. The molecule has 0 amide bonds. The number of carboxylic acids is 1. The first kappa shape index (κ1) is 14.4. The van der Waals surface area contributed by atoms with Gasteiger partial charge in [-0.3, -0.25) is 0 Å². The number of carboxylic acid groups (broad SMARTS) is 1. The molecule has 19 heavy (non-hydrogen) atoms. The van der Waals surface area contributed by atoms with Crippen molar-refractivity contribution in [1.29, 1.82) is 0 Å². The van der Waals surface area contributed by atoms with E-state index < -0.39 is 5.97 Å². The molecule has 0 radical (unpaired) electrons. The summed E-state index contributed by atoms with van der Waals surface area (Å²) in [6, 6.07) is 5.68. The Bertz CT molecular complexity index is 461. The van der Waals surface area contributed by atoms with E-state index in [-0.39, 0.29) is 0 Å². The molecule has 0 bridgehead atoms. The van der Waals surface area contributed by atoms with Gasteiger partial charge in [0.25, 0.3) is 0 Å². The van der Waals surface area contributed by atoms with E-state index >= 15 is 0 Å². The average molecular weight is 326 g/mol. The molecule has 2 N–H and O–H groups in total. The lowest BCUT2D eigenvalue weighted by Crippen LogP contribution is -2.32. The number of hydrogen-bond acceptors (Lipinski definition) is 2. The Morgan fingerprint density at radius 2 is 2.16 bits per heavy atom. The molecular formula is C15H20BrNO2. The Labute approximate surface area is 122 Å². The van der Waals surface area contributed by atoms with Gasteiger partial charge in [-0.15, -0.1) is 0 Å². The Balaban J connectivity index is 2.21. The van der Waals surface area contributed by atoms with Crippen molar-refractivity contribution in [3.63, 3.8) is 0 Å². The molecule has 104 valence electrons. The summed E-state index contributed by atoms with van der Waals surface area (Å²) in [6.07, 6.45) is 6.04. The standard InChI is InChI=1S/C15H20BrNO2/c1-2-10-5-3-4-6-13(10)17-14-9-11(16)7-8-12(14)15(18)19/h7-10,13,17H,2-6H2,1H3,(H,18,19). The van der Waals surface area contributed by atoms with Gasteiger partial charge in [-0.25, -0.2) is 4.79 Å². The number of anilines is 1. The highest BCUT2D eigenvalue weighted by atomic mass is 79.9. The van der Waals surface area contributed by atoms with Crippen LogP contribution in [0.15, 0.2) is 22.7 Å². The van der Waals surface area contributed by atoms with E-state index in [9.17, 15) is 9.90 Å². The molecule has 1 aliphatic carbocycles. The number of benzene rings is 1. The number of rotatable bonds is 4. The molecule has 0 heterocycles. The number of aromatic carboxylic acids is 1. The zero-order valence-electron chi connectivity index (χ0n) is 11.2. The van der Waals surface area contributed by atoms with Crippen molar-refractivity contribution in [2.24, 2.45) is 5.92 Å². The molecule has 2 unspecified atom stereocenters. The van der Waals surface area contributed by atoms with E-state index in [0.717, 1.165) is 23.0 Å². The van der Waals surface area contributed by atoms with Gasteiger partial charge in [0.2, 0.25) is 0 Å². The van der Waals surface area contributed by atoms with Crippen molar-refractivity contribution in [2.75, 3.05) is 5.32 Å². The van der Waals surface area contributed by atoms with E-state index in [1.54, 1.807) is 12.1 Å². The molecule has 0 aliphatic heterocycles. The zero-order valence-corrected chi connectivity index (χ0v) is 12.7. The first-order chi connectivity index (χ1) is 9.11. The van der Waals surface area contributed by atoms with E-state index in [2.05, 4.69) is 28.2 Å². The van der Waals surface area contributed by atoms with Crippen LogP contribution in [-0.4, -0.2) is 17.1 Å². The lowest BCUT2D eigenvalue weighted by molar-refractivity contribution is 0.0698. The summed E-state index contributed by atoms with van der Waals surface area (Å²) in [7, 11) is 0. The van der Waals surface area contributed by atoms with Crippen molar-refractivity contribution in [2.45, 2.75) is 45.1 Å². The SMILES string of the molecule is CCC1CCCCC1Nc1cc(Br)ccc1C(=O)O. The van der Waals surface area contributed by atoms with Crippen molar-refractivity contribution in [3.05, 3.63) is 28.2 Å². The topological polar surface area (TPSA) is 49.3 Å². The van der Waals surface area contributed by atoms with E-state index in [4.69, 9.17) is 0 Å². The first-order valence-corrected chi connectivity index (χ1v) is 7.70. The Hall–Kier alpha value is -1.03. The Morgan fingerprint density at radius 3 is 2.84 bits per heavy atom. The summed E-state index contributed by atoms with van der Waals surface area (Å²) in [5, 5.41) is 12.7. The van der Waals surface area contributed by atoms with Gasteiger partial charge in [0.1, 0.15) is 0 Å². The molecule has 1 saturated carbocycles. The smallest absolute Gasteiger partial charge is 0.337 e. The van der Waals surface area contributed by atoms with Crippen molar-refractivity contribution < 1.29 is 9.90 Å². The Morgan fingerprint density at radius 1 is 1.42 bits per heavy atom. The highest BCUT2D eigenvalue weighted by Gasteiger charge is 2.24. The zero-order chi connectivity index (χ0) is 13.8. The third-order valence-corrected chi connectivity index (χ3v) is 4.48. The lowest BCUT2D eigenvalue weighted by atomic mass is 9.82. The number of carbonyl (C=O) groups is 1. The van der Waals surface area contributed by atoms with Gasteiger partial charge in [0.15, 0.2) is 0 Å². The minimum atomic E-state index is -0.876. The third-order valence-electron chi connectivity index (χ3n) is 3.99. The molecule has 0 saturated heterocycles. The lowest BCUT2D eigenvalue weighted by Gasteiger charge is -2.32. The summed E-state index contributed by atoms with van der Waals surface area (Å²) < 4.78 is 0.906. The molecule has 2 atom stereocenters. The maximum absolute atomic E-state index is 11.3. The predicted octanol–water partition coefficient (Wildman–Crippen LogP) is 4.53. The quantitative estimate of drug-likeness (QED) is 0.855. The summed E-state index contributed by atoms with van der Waals surface area (Å²) >= 11 is 3.41. The maximum atomic E-state index is 11.3. The monoisotopic (exact) mass is 325 g/mol. The molecule has 1 aromatic rings. The number of hydrogen-bond donors (Lipinski definition) is 2. The predicted molar refractivity (Wildman–Crippen MR) is 80.8 cm³/mol. The first-order valence-electron chi connectivity index (χ1n) is 6.91. The van der Waals surface area contributed by atoms with Crippen LogP contribution in [0.25, 0.3) is 0 Å². The van der Waals surface area contributed by atoms with Crippen LogP contribution in [0, 0.1) is 5.92 Å². The van der Waals surface area contributed by atoms with Gasteiger partial charge in [0.05, 0.1) is 11.3 Å². The minimum absolute atomic E-state index is 0.351. The van der Waals surface area contributed by atoms with Crippen LogP contribution in [0.2, 0.25) is 0 Å². The van der Waals surface area contributed by atoms with E-state index in [1.165, 1.54) is 19.3 Å². The highest BCUT2D eigenvalue weighted by molar-refractivity contribution is 9.10. The van der Waals surface area contributed by atoms with Gasteiger partial charge >= 0.3 is 5.97 Å². The fourth-order valence-electron chi connectivity index (χ4n) is 2.91. The highest BCUT2D eigenvalue weighted by Crippen LogP contribution is 2.31. The molecule has 0 spiro atoms. The van der Waals surface area contributed by atoms with Crippen LogP contribution in [0.1, 0.15) is 49.4 Å². The molecule has 0 aromatic heterocycles. The van der Waals surface area contributed by atoms with Crippen molar-refractivity contribution in [3.8, 4) is 0 Å². The van der Waals surface area contributed by atoms with Crippen LogP contribution in [0.3, 0.4) is 0 Å². The van der Waals surface area contributed by atoms with Gasteiger partial charge in [-0.05, 0) is 37.0 Å². The molecule has 1 fully saturated rings. The van der Waals surface area contributed by atoms with Gasteiger partial charge < -0.3 is 10.4 Å². The van der Waals surface area contributed by atoms with Gasteiger partial charge in [0, 0.05) is 10.5 Å². The number of nitrogens with one attached hydrogen (secondary N) is 1. The molecule has 1 aromatic carbocycles. The third kappa shape index (κ3) is 3.50. The molecular weight excluding hydrogens is 306 g/mol. The van der Waals surface area contributed by atoms with Crippen molar-refractivity contribution >= 4 is 27.6 Å². The summed E-state index contributed by atoms with van der Waals surface area (Å²) in [6.45, 7) is 2.21. The Kier molecular flexibility index (Phi) is 4.86. The summed E-state index contributed by atoms with van der Waals surface area (Å²) in [5.74, 6) is -0.228. The number of halogens is 1. The maximum Gasteiger partial charge on any atom is 0.337 e. The minimum Gasteiger partial charge on any atom is -0.478 e. The summed E-state index contributed by atoms with van der Waals surface area (Å²) in [5.41, 5.74) is 1.08. The van der Waals surface area contributed by atoms with E-state index in [0.29, 0.717) is 17.5 Å². The van der Waals surface area contributed by atoms with Crippen LogP contribution >= 0.6 is 15.9 Å². The average Bonchev–Trinajstić information content (AvgIpc) is 2.39. The second-order valence-corrected chi connectivity index (χ2v) is 6.11. The molecule has 3 nitrogen and oxygen atoms in total. The fourth-order valence-corrected chi connectivity index (χ4v) is 3.27. The van der Waals surface area contributed by atoms with Crippen LogP contribution in [0.4, 0.5) is 5.69 Å². The molecule has 4 heteroatoms. The largest absolute Gasteiger partial charge is 0.478 e. The van der Waals surface area contributed by atoms with Gasteiger partial charge in [-0.1, -0.05) is 42.1 Å². The van der Waals surface area contributed by atoms with Crippen LogP contribution in [-0.2, 0) is 0 Å². The second-order valence-electron chi connectivity index (χ2n) is 5.20. The van der Waals surface area contributed by atoms with Crippen LogP contribution < -0.4 is 5.32 Å². The molecule has 2 rings (SSSR count). The van der Waals surface area contributed by atoms with Gasteiger partial charge in [-0.2, -0.15) is 0 Å². The van der Waals surface area contributed by atoms with Crippen LogP contribution in [0.5, 0.6) is 0 Å². The molecule has 1 aliphatic rings. The fraction of sp³-hybridized carbons (Fsp3) is 0.533.